The molecule has 1 fully saturated rings. The summed E-state index contributed by atoms with van der Waals surface area (Å²) < 4.78 is 0. The molecule has 0 aromatic carbocycles. The summed E-state index contributed by atoms with van der Waals surface area (Å²) in [6.07, 6.45) is 3.66. The Balaban J connectivity index is 2.99. The quantitative estimate of drug-likeness (QED) is 0.592. The van der Waals surface area contributed by atoms with Crippen molar-refractivity contribution in [1.29, 1.82) is 0 Å². The SMILES string of the molecule is CN=C1CCCCC1=C(N)C(=O)O. The predicted octanol–water partition coefficient (Wildman–Crippen LogP) is 0.929. The molecule has 1 aliphatic rings. The van der Waals surface area contributed by atoms with Crippen LogP contribution in [0.15, 0.2) is 16.3 Å². The monoisotopic (exact) mass is 182 g/mol. The average molecular weight is 182 g/mol. The minimum absolute atomic E-state index is 0.0414. The molecule has 0 aliphatic heterocycles. The van der Waals surface area contributed by atoms with E-state index in [0.717, 1.165) is 37.0 Å². The second-order valence-electron chi connectivity index (χ2n) is 3.07. The summed E-state index contributed by atoms with van der Waals surface area (Å²) in [5, 5.41) is 8.71. The maximum absolute atomic E-state index is 10.6. The molecule has 0 radical (unpaired) electrons. The van der Waals surface area contributed by atoms with Crippen LogP contribution >= 0.6 is 0 Å². The van der Waals surface area contributed by atoms with E-state index in [1.807, 2.05) is 0 Å². The molecule has 1 rings (SSSR count). The highest BCUT2D eigenvalue weighted by molar-refractivity contribution is 6.06. The lowest BCUT2D eigenvalue weighted by Gasteiger charge is -2.17. The minimum atomic E-state index is -1.04. The highest BCUT2D eigenvalue weighted by atomic mass is 16.4. The molecule has 0 atom stereocenters. The lowest BCUT2D eigenvalue weighted by Crippen LogP contribution is -2.20. The maximum Gasteiger partial charge on any atom is 0.352 e. The van der Waals surface area contributed by atoms with Gasteiger partial charge in [0.2, 0.25) is 0 Å². The van der Waals surface area contributed by atoms with Gasteiger partial charge in [-0.1, -0.05) is 0 Å². The molecule has 0 aromatic rings. The van der Waals surface area contributed by atoms with Crippen LogP contribution in [-0.2, 0) is 4.79 Å². The number of hydrogen-bond acceptors (Lipinski definition) is 3. The van der Waals surface area contributed by atoms with Crippen LogP contribution in [-0.4, -0.2) is 23.8 Å². The third-order valence-corrected chi connectivity index (χ3v) is 2.26. The zero-order valence-electron chi connectivity index (χ0n) is 7.71. The Morgan fingerprint density at radius 3 is 2.62 bits per heavy atom. The summed E-state index contributed by atoms with van der Waals surface area (Å²) in [6, 6.07) is 0. The van der Waals surface area contributed by atoms with Crippen molar-refractivity contribution in [3.8, 4) is 0 Å². The summed E-state index contributed by atoms with van der Waals surface area (Å²) >= 11 is 0. The van der Waals surface area contributed by atoms with E-state index in [-0.39, 0.29) is 5.70 Å². The molecular weight excluding hydrogens is 168 g/mol. The number of carboxylic acid groups (broad SMARTS) is 1. The minimum Gasteiger partial charge on any atom is -0.477 e. The van der Waals surface area contributed by atoms with Crippen LogP contribution in [0.4, 0.5) is 0 Å². The van der Waals surface area contributed by atoms with Crippen LogP contribution in [0.5, 0.6) is 0 Å². The zero-order chi connectivity index (χ0) is 9.84. The number of nitrogens with two attached hydrogens (primary N) is 1. The van der Waals surface area contributed by atoms with Crippen LogP contribution < -0.4 is 5.73 Å². The molecule has 0 unspecified atom stereocenters. The molecule has 0 bridgehead atoms. The first-order valence-electron chi connectivity index (χ1n) is 4.34. The molecule has 4 heteroatoms. The molecule has 0 spiro atoms. The van der Waals surface area contributed by atoms with Crippen LogP contribution in [0.2, 0.25) is 0 Å². The van der Waals surface area contributed by atoms with E-state index in [2.05, 4.69) is 4.99 Å². The number of rotatable bonds is 1. The first-order chi connectivity index (χ1) is 6.16. The van der Waals surface area contributed by atoms with E-state index >= 15 is 0 Å². The van der Waals surface area contributed by atoms with Crippen LogP contribution in [0.3, 0.4) is 0 Å². The summed E-state index contributed by atoms with van der Waals surface area (Å²) in [5.41, 5.74) is 6.99. The van der Waals surface area contributed by atoms with Crippen molar-refractivity contribution in [2.24, 2.45) is 10.7 Å². The van der Waals surface area contributed by atoms with Gasteiger partial charge in [-0.15, -0.1) is 0 Å². The van der Waals surface area contributed by atoms with Gasteiger partial charge in [-0.05, 0) is 25.7 Å². The number of aliphatic carboxylic acids is 1. The standard InChI is InChI=1S/C9H14N2O2/c1-11-7-5-3-2-4-6(7)8(10)9(12)13/h2-5,10H2,1H3,(H,12,13). The van der Waals surface area contributed by atoms with Gasteiger partial charge in [-0.3, -0.25) is 4.99 Å². The molecule has 3 N–H and O–H groups in total. The molecule has 13 heavy (non-hydrogen) atoms. The Morgan fingerprint density at radius 1 is 1.46 bits per heavy atom. The molecule has 1 aliphatic carbocycles. The van der Waals surface area contributed by atoms with Gasteiger partial charge in [0.25, 0.3) is 0 Å². The van der Waals surface area contributed by atoms with Gasteiger partial charge < -0.3 is 10.8 Å². The van der Waals surface area contributed by atoms with Crippen molar-refractivity contribution in [2.75, 3.05) is 7.05 Å². The molecule has 4 nitrogen and oxygen atoms in total. The number of carboxylic acids is 1. The lowest BCUT2D eigenvalue weighted by molar-refractivity contribution is -0.132. The fourth-order valence-electron chi connectivity index (χ4n) is 1.56. The number of aliphatic imine (C=N–C) groups is 1. The van der Waals surface area contributed by atoms with Crippen molar-refractivity contribution in [3.63, 3.8) is 0 Å². The third-order valence-electron chi connectivity index (χ3n) is 2.26. The second-order valence-corrected chi connectivity index (χ2v) is 3.07. The summed E-state index contributed by atoms with van der Waals surface area (Å²) in [7, 11) is 1.68. The topological polar surface area (TPSA) is 75.7 Å². The Bertz CT molecular complexity index is 279. The van der Waals surface area contributed by atoms with Gasteiger partial charge in [0.1, 0.15) is 5.70 Å². The van der Waals surface area contributed by atoms with Crippen LogP contribution in [0.25, 0.3) is 0 Å². The van der Waals surface area contributed by atoms with Gasteiger partial charge in [0.05, 0.1) is 0 Å². The highest BCUT2D eigenvalue weighted by Gasteiger charge is 2.18. The Kier molecular flexibility index (Phi) is 3.06. The third kappa shape index (κ3) is 2.08. The molecule has 1 saturated carbocycles. The predicted molar refractivity (Wildman–Crippen MR) is 50.7 cm³/mol. The molecule has 0 saturated heterocycles. The van der Waals surface area contributed by atoms with Crippen molar-refractivity contribution < 1.29 is 9.90 Å². The smallest absolute Gasteiger partial charge is 0.352 e. The molecule has 0 aromatic heterocycles. The van der Waals surface area contributed by atoms with E-state index in [0.29, 0.717) is 0 Å². The van der Waals surface area contributed by atoms with Crippen molar-refractivity contribution in [2.45, 2.75) is 25.7 Å². The van der Waals surface area contributed by atoms with Gasteiger partial charge in [-0.2, -0.15) is 0 Å². The summed E-state index contributed by atoms with van der Waals surface area (Å²) in [5.74, 6) is -1.04. The van der Waals surface area contributed by atoms with Gasteiger partial charge in [0.15, 0.2) is 0 Å². The number of hydrogen-bond donors (Lipinski definition) is 2. The van der Waals surface area contributed by atoms with Crippen molar-refractivity contribution in [3.05, 3.63) is 11.3 Å². The number of nitrogens with zero attached hydrogens (tertiary/aromatic N) is 1. The first-order valence-corrected chi connectivity index (χ1v) is 4.34. The summed E-state index contributed by atoms with van der Waals surface area (Å²) in [4.78, 5) is 14.7. The molecule has 0 heterocycles. The van der Waals surface area contributed by atoms with E-state index in [1.54, 1.807) is 7.05 Å². The fourth-order valence-corrected chi connectivity index (χ4v) is 1.56. The lowest BCUT2D eigenvalue weighted by atomic mass is 9.91. The fraction of sp³-hybridized carbons (Fsp3) is 0.556. The van der Waals surface area contributed by atoms with E-state index in [4.69, 9.17) is 10.8 Å². The largest absolute Gasteiger partial charge is 0.477 e. The molecular formula is C9H14N2O2. The van der Waals surface area contributed by atoms with Crippen LogP contribution in [0.1, 0.15) is 25.7 Å². The highest BCUT2D eigenvalue weighted by Crippen LogP contribution is 2.22. The first kappa shape index (κ1) is 9.77. The maximum atomic E-state index is 10.6. The van der Waals surface area contributed by atoms with Gasteiger partial charge in [0, 0.05) is 18.3 Å². The number of carbonyl (C=O) groups is 1. The van der Waals surface area contributed by atoms with Crippen LogP contribution in [0, 0.1) is 0 Å². The molecule has 0 amide bonds. The average Bonchev–Trinajstić information content (AvgIpc) is 2.16. The van der Waals surface area contributed by atoms with Crippen molar-refractivity contribution >= 4 is 11.7 Å². The Hall–Kier alpha value is -1.32. The van der Waals surface area contributed by atoms with Gasteiger partial charge >= 0.3 is 5.97 Å². The van der Waals surface area contributed by atoms with Gasteiger partial charge in [-0.25, -0.2) is 4.79 Å². The van der Waals surface area contributed by atoms with E-state index < -0.39 is 5.97 Å². The Labute approximate surface area is 77.2 Å². The second kappa shape index (κ2) is 4.07. The normalized spacial score (nSPS) is 24.5. The van der Waals surface area contributed by atoms with E-state index in [1.165, 1.54) is 0 Å². The van der Waals surface area contributed by atoms with Crippen molar-refractivity contribution in [1.82, 2.24) is 0 Å². The Morgan fingerprint density at radius 2 is 2.08 bits per heavy atom. The molecule has 72 valence electrons. The zero-order valence-corrected chi connectivity index (χ0v) is 7.71. The summed E-state index contributed by atoms with van der Waals surface area (Å²) in [6.45, 7) is 0. The van der Waals surface area contributed by atoms with E-state index in [9.17, 15) is 4.79 Å². The number of allylic oxidation sites excluding steroid dienone is 1.